The van der Waals surface area contributed by atoms with E-state index < -0.39 is 10.0 Å². The Morgan fingerprint density at radius 1 is 1.22 bits per heavy atom. The Balaban J connectivity index is 1.68. The highest BCUT2D eigenvalue weighted by Gasteiger charge is 2.38. The summed E-state index contributed by atoms with van der Waals surface area (Å²) in [5.41, 5.74) is 1.92. The van der Waals surface area contributed by atoms with E-state index in [2.05, 4.69) is 37.8 Å². The van der Waals surface area contributed by atoms with Crippen LogP contribution in [0.25, 0.3) is 0 Å². The largest absolute Gasteiger partial charge is 0.340 e. The summed E-state index contributed by atoms with van der Waals surface area (Å²) in [6.07, 6.45) is 5.67. The van der Waals surface area contributed by atoms with Crippen LogP contribution in [0.1, 0.15) is 30.1 Å². The molecular weight excluding hydrogens is 475 g/mol. The van der Waals surface area contributed by atoms with Crippen molar-refractivity contribution in [2.24, 2.45) is 10.9 Å². The second-order valence-corrected chi connectivity index (χ2v) is 9.93. The van der Waals surface area contributed by atoms with Crippen LogP contribution in [0.2, 0.25) is 0 Å². The van der Waals surface area contributed by atoms with Gasteiger partial charge in [0, 0.05) is 22.2 Å². The van der Waals surface area contributed by atoms with Crippen LogP contribution in [0, 0.1) is 12.8 Å². The third kappa shape index (κ3) is 3.21. The van der Waals surface area contributed by atoms with E-state index in [1.54, 1.807) is 24.7 Å². The minimum absolute atomic E-state index is 0.0628. The van der Waals surface area contributed by atoms with Gasteiger partial charge in [0.05, 0.1) is 11.2 Å². The molecule has 1 N–H and O–H groups in total. The predicted molar refractivity (Wildman–Crippen MR) is 115 cm³/mol. The Labute approximate surface area is 173 Å². The number of aromatic nitrogens is 1. The monoisotopic (exact) mass is 498 g/mol. The number of alkyl halides is 1. The molecule has 6 nitrogen and oxygen atoms in total. The maximum Gasteiger partial charge on any atom is 0.269 e. The van der Waals surface area contributed by atoms with E-state index in [4.69, 9.17) is 0 Å². The summed E-state index contributed by atoms with van der Waals surface area (Å²) in [7, 11) is -1.77. The van der Waals surface area contributed by atoms with Crippen LogP contribution in [0.15, 0.2) is 46.4 Å². The van der Waals surface area contributed by atoms with E-state index >= 15 is 0 Å². The first-order valence-corrected chi connectivity index (χ1v) is 12.0. The van der Waals surface area contributed by atoms with E-state index in [9.17, 15) is 8.42 Å². The lowest BCUT2D eigenvalue weighted by Crippen LogP contribution is -2.50. The molecule has 1 unspecified atom stereocenters. The maximum absolute atomic E-state index is 13.1. The molecule has 144 valence electrons. The van der Waals surface area contributed by atoms with E-state index in [-0.39, 0.29) is 11.1 Å². The summed E-state index contributed by atoms with van der Waals surface area (Å²) in [5.74, 6) is 1.25. The van der Waals surface area contributed by atoms with Crippen molar-refractivity contribution in [2.75, 3.05) is 11.5 Å². The molecule has 1 saturated carbocycles. The average Bonchev–Trinajstić information content (AvgIpc) is 3.06. The van der Waals surface area contributed by atoms with Crippen LogP contribution >= 0.6 is 22.6 Å². The number of halogens is 1. The van der Waals surface area contributed by atoms with Crippen LogP contribution in [-0.4, -0.2) is 41.1 Å². The van der Waals surface area contributed by atoms with Crippen molar-refractivity contribution in [3.63, 3.8) is 0 Å². The lowest BCUT2D eigenvalue weighted by atomic mass is 9.80. The first kappa shape index (κ1) is 18.9. The Morgan fingerprint density at radius 3 is 2.56 bits per heavy atom. The van der Waals surface area contributed by atoms with Gasteiger partial charge in [-0.2, -0.15) is 0 Å². The smallest absolute Gasteiger partial charge is 0.269 e. The van der Waals surface area contributed by atoms with Crippen molar-refractivity contribution in [1.29, 1.82) is 0 Å². The normalized spacial score (nSPS) is 24.6. The van der Waals surface area contributed by atoms with E-state index in [1.165, 1.54) is 8.40 Å². The third-order valence-corrected chi connectivity index (χ3v) is 8.39. The topological polar surface area (TPSA) is 66.7 Å². The average molecular weight is 498 g/mol. The van der Waals surface area contributed by atoms with E-state index in [0.29, 0.717) is 11.9 Å². The van der Waals surface area contributed by atoms with Gasteiger partial charge in [-0.1, -0.05) is 40.3 Å². The van der Waals surface area contributed by atoms with E-state index in [1.807, 2.05) is 32.2 Å². The number of fused-ring (bicyclic) bond motifs is 1. The second-order valence-electron chi connectivity index (χ2n) is 7.24. The number of benzene rings is 1. The first-order chi connectivity index (χ1) is 13.0. The van der Waals surface area contributed by atoms with Gasteiger partial charge < -0.3 is 4.90 Å². The number of aliphatic imine (C=N–C) groups is 1. The van der Waals surface area contributed by atoms with Crippen LogP contribution in [0.5, 0.6) is 0 Å². The molecular formula is C19H23IN4O2S. The molecule has 2 aliphatic rings. The SMILES string of the molecule is CNC1c2ccn(S(=O)(=O)c3ccc(C)cc3)c2N=CN1[C@H]1C[C@H](CI)C1. The lowest BCUT2D eigenvalue weighted by Gasteiger charge is -2.46. The van der Waals surface area contributed by atoms with Crippen molar-refractivity contribution >= 4 is 44.8 Å². The summed E-state index contributed by atoms with van der Waals surface area (Å²) in [6.45, 7) is 1.94. The molecule has 1 aliphatic heterocycles. The van der Waals surface area contributed by atoms with Crippen molar-refractivity contribution < 1.29 is 8.42 Å². The van der Waals surface area contributed by atoms with Gasteiger partial charge in [0.25, 0.3) is 10.0 Å². The quantitative estimate of drug-likeness (QED) is 0.507. The number of hydrogen-bond acceptors (Lipinski definition) is 5. The summed E-state index contributed by atoms with van der Waals surface area (Å²) in [4.78, 5) is 7.04. The molecule has 0 bridgehead atoms. The molecule has 0 amide bonds. The molecule has 1 aromatic heterocycles. The molecule has 8 heteroatoms. The zero-order chi connectivity index (χ0) is 19.2. The Bertz CT molecular complexity index is 962. The minimum atomic E-state index is -3.67. The van der Waals surface area contributed by atoms with Gasteiger partial charge in [-0.25, -0.2) is 17.4 Å². The van der Waals surface area contributed by atoms with Crippen molar-refractivity contribution in [3.8, 4) is 0 Å². The standard InChI is InChI=1S/C19H23IN4O2S/c1-13-3-5-16(6-4-13)27(25,26)24-8-7-17-18(21-2)23(12-22-19(17)24)15-9-14(10-15)11-20/h3-8,12,14-15,18,21H,9-11H2,1-2H3/t14-,15-,18?. The van der Waals surface area contributed by atoms with Crippen LogP contribution in [0.4, 0.5) is 5.82 Å². The molecule has 1 atom stereocenters. The highest BCUT2D eigenvalue weighted by Crippen LogP contribution is 2.41. The van der Waals surface area contributed by atoms with Gasteiger partial charge >= 0.3 is 0 Å². The molecule has 2 heterocycles. The predicted octanol–water partition coefficient (Wildman–Crippen LogP) is 3.44. The lowest BCUT2D eigenvalue weighted by molar-refractivity contribution is 0.108. The van der Waals surface area contributed by atoms with Crippen molar-refractivity contribution in [1.82, 2.24) is 14.2 Å². The van der Waals surface area contributed by atoms with Gasteiger partial charge in [0.1, 0.15) is 6.17 Å². The molecule has 2 aromatic rings. The van der Waals surface area contributed by atoms with E-state index in [0.717, 1.165) is 29.9 Å². The fourth-order valence-corrected chi connectivity index (χ4v) is 5.84. The van der Waals surface area contributed by atoms with Crippen LogP contribution < -0.4 is 5.32 Å². The zero-order valence-electron chi connectivity index (χ0n) is 15.3. The highest BCUT2D eigenvalue weighted by atomic mass is 127. The fraction of sp³-hybridized carbons (Fsp3) is 0.421. The number of aryl methyl sites for hydroxylation is 1. The fourth-order valence-electron chi connectivity index (χ4n) is 3.81. The highest BCUT2D eigenvalue weighted by molar-refractivity contribution is 14.1. The van der Waals surface area contributed by atoms with Gasteiger partial charge in [0.15, 0.2) is 5.82 Å². The van der Waals surface area contributed by atoms with Crippen molar-refractivity contribution in [3.05, 3.63) is 47.7 Å². The van der Waals surface area contributed by atoms with Gasteiger partial charge in [-0.15, -0.1) is 0 Å². The molecule has 1 aromatic carbocycles. The molecule has 0 saturated heterocycles. The van der Waals surface area contributed by atoms with Crippen LogP contribution in [0.3, 0.4) is 0 Å². The number of rotatable bonds is 5. The molecule has 0 spiro atoms. The van der Waals surface area contributed by atoms with Crippen LogP contribution in [-0.2, 0) is 10.0 Å². The number of nitrogens with zero attached hydrogens (tertiary/aromatic N) is 3. The molecule has 0 radical (unpaired) electrons. The molecule has 4 rings (SSSR count). The summed E-state index contributed by atoms with van der Waals surface area (Å²) in [6, 6.07) is 9.22. The Morgan fingerprint density at radius 2 is 1.93 bits per heavy atom. The van der Waals surface area contributed by atoms with Gasteiger partial charge in [-0.05, 0) is 50.9 Å². The second kappa shape index (κ2) is 7.21. The Hall–Kier alpha value is -1.39. The summed E-state index contributed by atoms with van der Waals surface area (Å²) in [5, 5.41) is 3.33. The molecule has 27 heavy (non-hydrogen) atoms. The van der Waals surface area contributed by atoms with Gasteiger partial charge in [-0.3, -0.25) is 5.32 Å². The first-order valence-electron chi connectivity index (χ1n) is 9.04. The minimum Gasteiger partial charge on any atom is -0.340 e. The summed E-state index contributed by atoms with van der Waals surface area (Å²) >= 11 is 2.44. The van der Waals surface area contributed by atoms with Gasteiger partial charge in [0.2, 0.25) is 0 Å². The number of nitrogens with one attached hydrogen (secondary N) is 1. The molecule has 1 aliphatic carbocycles. The summed E-state index contributed by atoms with van der Waals surface area (Å²) < 4.78 is 28.7. The maximum atomic E-state index is 13.1. The van der Waals surface area contributed by atoms with Crippen molar-refractivity contribution in [2.45, 2.75) is 36.9 Å². The Kier molecular flexibility index (Phi) is 5.06. The molecule has 1 fully saturated rings. The third-order valence-electron chi connectivity index (χ3n) is 5.46. The zero-order valence-corrected chi connectivity index (χ0v) is 18.3. The number of hydrogen-bond donors (Lipinski definition) is 1.